The van der Waals surface area contributed by atoms with Crippen LogP contribution >= 0.6 is 11.5 Å². The third-order valence-electron chi connectivity index (χ3n) is 2.55. The predicted octanol–water partition coefficient (Wildman–Crippen LogP) is 0.827. The molecule has 9 heteroatoms. The molecule has 0 saturated heterocycles. The normalized spacial score (nSPS) is 11.6. The lowest BCUT2D eigenvalue weighted by Gasteiger charge is -2.07. The van der Waals surface area contributed by atoms with E-state index in [9.17, 15) is 8.42 Å². The zero-order valence-electron chi connectivity index (χ0n) is 10.4. The summed E-state index contributed by atoms with van der Waals surface area (Å²) in [5.41, 5.74) is 5.63. The number of nitrogen functional groups attached to an aromatic ring is 1. The van der Waals surface area contributed by atoms with Crippen LogP contribution in [0.25, 0.3) is 0 Å². The lowest BCUT2D eigenvalue weighted by molar-refractivity contribution is 0.598. The van der Waals surface area contributed by atoms with Crippen molar-refractivity contribution in [1.29, 1.82) is 0 Å². The van der Waals surface area contributed by atoms with Crippen LogP contribution in [0.1, 0.15) is 6.92 Å². The lowest BCUT2D eigenvalue weighted by Crippen LogP contribution is -2.13. The van der Waals surface area contributed by atoms with Crippen molar-refractivity contribution in [2.45, 2.75) is 18.4 Å². The highest BCUT2D eigenvalue weighted by Gasteiger charge is 2.23. The van der Waals surface area contributed by atoms with E-state index in [1.165, 1.54) is 0 Å². The summed E-state index contributed by atoms with van der Waals surface area (Å²) in [7, 11) is -3.36. The fourth-order valence-electron chi connectivity index (χ4n) is 1.57. The Kier molecular flexibility index (Phi) is 4.05. The van der Waals surface area contributed by atoms with Crippen molar-refractivity contribution in [1.82, 2.24) is 14.2 Å². The van der Waals surface area contributed by atoms with Crippen molar-refractivity contribution in [3.05, 3.63) is 18.5 Å². The van der Waals surface area contributed by atoms with Crippen LogP contribution < -0.4 is 11.1 Å². The number of nitrogens with zero attached hydrogens (tertiary/aromatic N) is 3. The van der Waals surface area contributed by atoms with Gasteiger partial charge in [-0.25, -0.2) is 8.42 Å². The van der Waals surface area contributed by atoms with E-state index < -0.39 is 9.84 Å². The summed E-state index contributed by atoms with van der Waals surface area (Å²) >= 11 is 1.06. The molecule has 2 aromatic rings. The van der Waals surface area contributed by atoms with E-state index in [0.717, 1.165) is 11.5 Å². The third-order valence-corrected chi connectivity index (χ3v) is 5.29. The highest BCUT2D eigenvalue weighted by atomic mass is 32.2. The molecule has 0 aliphatic rings. The molecule has 0 spiro atoms. The first kappa shape index (κ1) is 13.8. The van der Waals surface area contributed by atoms with Crippen LogP contribution in [-0.2, 0) is 16.4 Å². The van der Waals surface area contributed by atoms with Gasteiger partial charge >= 0.3 is 0 Å². The Hall–Kier alpha value is -1.61. The Morgan fingerprint density at radius 2 is 2.32 bits per heavy atom. The molecule has 2 rings (SSSR count). The minimum Gasteiger partial charge on any atom is -0.382 e. The smallest absolute Gasteiger partial charge is 0.184 e. The number of hydrogen-bond acceptors (Lipinski definition) is 7. The average molecular weight is 301 g/mol. The fourth-order valence-corrected chi connectivity index (χ4v) is 3.76. The quantitative estimate of drug-likeness (QED) is 0.819. The molecule has 0 aliphatic heterocycles. The summed E-state index contributed by atoms with van der Waals surface area (Å²) in [6.07, 6.45) is 3.53. The monoisotopic (exact) mass is 301 g/mol. The average Bonchev–Trinajstić information content (AvgIpc) is 3.00. The molecule has 2 aromatic heterocycles. The summed E-state index contributed by atoms with van der Waals surface area (Å²) in [6.45, 7) is 2.77. The molecule has 0 bridgehead atoms. The maximum atomic E-state index is 11.9. The minimum atomic E-state index is -3.36. The van der Waals surface area contributed by atoms with Crippen molar-refractivity contribution >= 4 is 32.2 Å². The Labute approximate surface area is 115 Å². The van der Waals surface area contributed by atoms with Crippen molar-refractivity contribution in [3.8, 4) is 0 Å². The molecule has 0 aromatic carbocycles. The Bertz CT molecular complexity index is 633. The van der Waals surface area contributed by atoms with Gasteiger partial charge in [0.2, 0.25) is 0 Å². The van der Waals surface area contributed by atoms with E-state index in [1.54, 1.807) is 17.8 Å². The molecule has 0 aliphatic carbocycles. The van der Waals surface area contributed by atoms with E-state index in [-0.39, 0.29) is 16.5 Å². The van der Waals surface area contributed by atoms with Gasteiger partial charge in [-0.05, 0) is 17.6 Å². The Balaban J connectivity index is 2.09. The van der Waals surface area contributed by atoms with Crippen LogP contribution in [0.15, 0.2) is 23.4 Å². The highest BCUT2D eigenvalue weighted by Crippen LogP contribution is 2.31. The van der Waals surface area contributed by atoms with Crippen molar-refractivity contribution in [2.75, 3.05) is 23.3 Å². The summed E-state index contributed by atoms with van der Waals surface area (Å²) in [6, 6.07) is 1.83. The van der Waals surface area contributed by atoms with Crippen LogP contribution in [0.2, 0.25) is 0 Å². The molecule has 0 amide bonds. The van der Waals surface area contributed by atoms with E-state index in [0.29, 0.717) is 18.1 Å². The number of rotatable bonds is 6. The molecule has 19 heavy (non-hydrogen) atoms. The lowest BCUT2D eigenvalue weighted by atomic mass is 10.5. The fraction of sp³-hybridized carbons (Fsp3) is 0.400. The highest BCUT2D eigenvalue weighted by molar-refractivity contribution is 7.91. The first-order chi connectivity index (χ1) is 9.04. The standard InChI is InChI=1S/C10H15N5O2S2/c1-2-19(16,17)8-9(11)14-18-10(8)12-5-7-15-6-3-4-13-15/h3-4,6,12H,2,5,7H2,1H3,(H2,11,14). The molecule has 0 unspecified atom stereocenters. The molecule has 0 radical (unpaired) electrons. The van der Waals surface area contributed by atoms with Gasteiger partial charge in [-0.1, -0.05) is 6.92 Å². The Morgan fingerprint density at radius 3 is 2.95 bits per heavy atom. The van der Waals surface area contributed by atoms with Gasteiger partial charge in [0.1, 0.15) is 9.90 Å². The number of anilines is 2. The molecular weight excluding hydrogens is 286 g/mol. The molecular formula is C10H15N5O2S2. The van der Waals surface area contributed by atoms with Gasteiger partial charge in [0, 0.05) is 18.9 Å². The summed E-state index contributed by atoms with van der Waals surface area (Å²) in [4.78, 5) is 0.112. The zero-order valence-corrected chi connectivity index (χ0v) is 12.0. The van der Waals surface area contributed by atoms with Crippen molar-refractivity contribution in [3.63, 3.8) is 0 Å². The molecule has 0 atom stereocenters. The molecule has 2 heterocycles. The zero-order chi connectivity index (χ0) is 13.9. The number of hydrogen-bond donors (Lipinski definition) is 2. The first-order valence-corrected chi connectivity index (χ1v) is 8.16. The van der Waals surface area contributed by atoms with Crippen LogP contribution in [0.4, 0.5) is 10.8 Å². The summed E-state index contributed by atoms with van der Waals surface area (Å²) in [5, 5.41) is 7.60. The van der Waals surface area contributed by atoms with Gasteiger partial charge in [-0.3, -0.25) is 4.68 Å². The van der Waals surface area contributed by atoms with E-state index >= 15 is 0 Å². The van der Waals surface area contributed by atoms with Gasteiger partial charge in [0.15, 0.2) is 15.7 Å². The van der Waals surface area contributed by atoms with Gasteiger partial charge in [0.25, 0.3) is 0 Å². The predicted molar refractivity (Wildman–Crippen MR) is 75.0 cm³/mol. The first-order valence-electron chi connectivity index (χ1n) is 5.74. The SMILES string of the molecule is CCS(=O)(=O)c1c(N)nsc1NCCn1cccn1. The summed E-state index contributed by atoms with van der Waals surface area (Å²) in [5.74, 6) is 0.0668. The van der Waals surface area contributed by atoms with E-state index in [1.807, 2.05) is 12.3 Å². The number of sulfone groups is 1. The molecule has 7 nitrogen and oxygen atoms in total. The van der Waals surface area contributed by atoms with Crippen molar-refractivity contribution < 1.29 is 8.42 Å². The molecule has 104 valence electrons. The number of nitrogens with two attached hydrogens (primary N) is 1. The number of nitrogens with one attached hydrogen (secondary N) is 1. The third kappa shape index (κ3) is 3.04. The molecule has 0 fully saturated rings. The maximum absolute atomic E-state index is 11.9. The topological polar surface area (TPSA) is 103 Å². The van der Waals surface area contributed by atoms with Crippen molar-refractivity contribution in [2.24, 2.45) is 0 Å². The maximum Gasteiger partial charge on any atom is 0.184 e. The van der Waals surface area contributed by atoms with Gasteiger partial charge in [-0.2, -0.15) is 9.47 Å². The van der Waals surface area contributed by atoms with Gasteiger partial charge in [0.05, 0.1) is 12.3 Å². The van der Waals surface area contributed by atoms with Crippen LogP contribution in [0.3, 0.4) is 0 Å². The number of aromatic nitrogens is 3. The van der Waals surface area contributed by atoms with E-state index in [2.05, 4.69) is 14.8 Å². The Morgan fingerprint density at radius 1 is 1.53 bits per heavy atom. The van der Waals surface area contributed by atoms with Gasteiger partial charge in [-0.15, -0.1) is 0 Å². The van der Waals surface area contributed by atoms with Crippen LogP contribution in [0.5, 0.6) is 0 Å². The second-order valence-corrected chi connectivity index (χ2v) is 6.81. The summed E-state index contributed by atoms with van der Waals surface area (Å²) < 4.78 is 29.5. The minimum absolute atomic E-state index is 0.00342. The van der Waals surface area contributed by atoms with Crippen LogP contribution in [-0.4, -0.2) is 34.9 Å². The molecule has 3 N–H and O–H groups in total. The van der Waals surface area contributed by atoms with Crippen LogP contribution in [0, 0.1) is 0 Å². The second-order valence-electron chi connectivity index (χ2n) is 3.83. The van der Waals surface area contributed by atoms with E-state index in [4.69, 9.17) is 5.73 Å². The second kappa shape index (κ2) is 5.57. The molecule has 0 saturated carbocycles. The van der Waals surface area contributed by atoms with Gasteiger partial charge < -0.3 is 11.1 Å². The largest absolute Gasteiger partial charge is 0.382 e.